The highest BCUT2D eigenvalue weighted by atomic mass is 79.9. The summed E-state index contributed by atoms with van der Waals surface area (Å²) in [4.78, 5) is 35.3. The molecule has 0 saturated carbocycles. The Morgan fingerprint density at radius 2 is 2.14 bits per heavy atom. The molecule has 0 bridgehead atoms. The summed E-state index contributed by atoms with van der Waals surface area (Å²) in [5.41, 5.74) is 7.62. The first kappa shape index (κ1) is 17.3. The lowest BCUT2D eigenvalue weighted by Gasteiger charge is -2.15. The van der Waals surface area contributed by atoms with Gasteiger partial charge in [-0.25, -0.2) is 4.79 Å². The van der Waals surface area contributed by atoms with E-state index < -0.39 is 17.8 Å². The SMILES string of the molecule is Cc1cc(Br)cc(NC(=O)CN2CC(=O)NC2=O)c1N.Cl. The van der Waals surface area contributed by atoms with Crippen molar-refractivity contribution in [2.45, 2.75) is 6.92 Å². The molecule has 114 valence electrons. The lowest BCUT2D eigenvalue weighted by Crippen LogP contribution is -2.35. The van der Waals surface area contributed by atoms with Crippen LogP contribution in [0.4, 0.5) is 16.2 Å². The van der Waals surface area contributed by atoms with Crippen LogP contribution in [0.25, 0.3) is 0 Å². The van der Waals surface area contributed by atoms with Crippen LogP contribution in [0.15, 0.2) is 16.6 Å². The first-order valence-corrected chi connectivity index (χ1v) is 6.60. The molecule has 1 heterocycles. The van der Waals surface area contributed by atoms with Crippen LogP contribution in [-0.2, 0) is 9.59 Å². The molecule has 1 aliphatic heterocycles. The predicted molar refractivity (Wildman–Crippen MR) is 84.3 cm³/mol. The number of aryl methyl sites for hydroxylation is 1. The second-order valence-electron chi connectivity index (χ2n) is 4.44. The summed E-state index contributed by atoms with van der Waals surface area (Å²) in [5.74, 6) is -0.834. The number of carbonyl (C=O) groups is 3. The van der Waals surface area contributed by atoms with Crippen molar-refractivity contribution in [3.8, 4) is 0 Å². The highest BCUT2D eigenvalue weighted by molar-refractivity contribution is 9.10. The number of benzene rings is 1. The Morgan fingerprint density at radius 3 is 2.71 bits per heavy atom. The van der Waals surface area contributed by atoms with Crippen LogP contribution in [0.2, 0.25) is 0 Å². The van der Waals surface area contributed by atoms with Crippen LogP contribution < -0.4 is 16.4 Å². The molecule has 21 heavy (non-hydrogen) atoms. The Labute approximate surface area is 135 Å². The molecule has 1 aromatic carbocycles. The second kappa shape index (κ2) is 6.77. The predicted octanol–water partition coefficient (Wildman–Crippen LogP) is 1.25. The van der Waals surface area contributed by atoms with E-state index in [1.807, 2.05) is 13.0 Å². The molecule has 0 aliphatic carbocycles. The number of nitrogens with two attached hydrogens (primary N) is 1. The number of nitrogen functional groups attached to an aromatic ring is 1. The summed E-state index contributed by atoms with van der Waals surface area (Å²) >= 11 is 3.32. The van der Waals surface area contributed by atoms with Gasteiger partial charge in [0.15, 0.2) is 0 Å². The van der Waals surface area contributed by atoms with E-state index in [4.69, 9.17) is 5.73 Å². The molecule has 0 radical (unpaired) electrons. The summed E-state index contributed by atoms with van der Waals surface area (Å²) in [6.45, 7) is 1.50. The Morgan fingerprint density at radius 1 is 1.48 bits per heavy atom. The van der Waals surface area contributed by atoms with Gasteiger partial charge in [0, 0.05) is 4.47 Å². The van der Waals surface area contributed by atoms with E-state index in [1.54, 1.807) is 6.07 Å². The number of nitrogens with one attached hydrogen (secondary N) is 2. The van der Waals surface area contributed by atoms with Gasteiger partial charge in [0.25, 0.3) is 0 Å². The number of hydrogen-bond donors (Lipinski definition) is 3. The van der Waals surface area contributed by atoms with Crippen molar-refractivity contribution < 1.29 is 14.4 Å². The van der Waals surface area contributed by atoms with Crippen LogP contribution in [0.5, 0.6) is 0 Å². The fourth-order valence-electron chi connectivity index (χ4n) is 1.83. The van der Waals surface area contributed by atoms with Crippen LogP contribution >= 0.6 is 28.3 Å². The number of hydrogen-bond acceptors (Lipinski definition) is 4. The third-order valence-electron chi connectivity index (χ3n) is 2.83. The van der Waals surface area contributed by atoms with Gasteiger partial charge in [-0.1, -0.05) is 15.9 Å². The largest absolute Gasteiger partial charge is 0.397 e. The number of imide groups is 1. The molecule has 0 spiro atoms. The quantitative estimate of drug-likeness (QED) is 0.544. The minimum Gasteiger partial charge on any atom is -0.397 e. The molecular weight excluding hydrogens is 364 g/mol. The van der Waals surface area contributed by atoms with E-state index in [9.17, 15) is 14.4 Å². The number of rotatable bonds is 3. The zero-order valence-electron chi connectivity index (χ0n) is 11.1. The maximum absolute atomic E-state index is 11.9. The van der Waals surface area contributed by atoms with E-state index in [2.05, 4.69) is 26.6 Å². The summed E-state index contributed by atoms with van der Waals surface area (Å²) in [6.07, 6.45) is 0. The summed E-state index contributed by atoms with van der Waals surface area (Å²) in [7, 11) is 0. The van der Waals surface area contributed by atoms with E-state index in [-0.39, 0.29) is 25.5 Å². The van der Waals surface area contributed by atoms with Crippen molar-refractivity contribution in [2.24, 2.45) is 0 Å². The first-order chi connectivity index (χ1) is 9.36. The van der Waals surface area contributed by atoms with E-state index in [0.29, 0.717) is 11.4 Å². The van der Waals surface area contributed by atoms with E-state index in [1.165, 1.54) is 0 Å². The fraction of sp³-hybridized carbons (Fsp3) is 0.250. The van der Waals surface area contributed by atoms with Gasteiger partial charge in [0.2, 0.25) is 11.8 Å². The van der Waals surface area contributed by atoms with Crippen molar-refractivity contribution in [1.29, 1.82) is 0 Å². The van der Waals surface area contributed by atoms with Crippen molar-refractivity contribution in [1.82, 2.24) is 10.2 Å². The van der Waals surface area contributed by atoms with Crippen LogP contribution in [0, 0.1) is 6.92 Å². The summed E-state index contributed by atoms with van der Waals surface area (Å²) < 4.78 is 0.786. The zero-order valence-corrected chi connectivity index (χ0v) is 13.5. The molecular formula is C12H14BrClN4O3. The Balaban J connectivity index is 0.00000220. The number of halogens is 2. The van der Waals surface area contributed by atoms with Gasteiger partial charge in [0.05, 0.1) is 11.4 Å². The monoisotopic (exact) mass is 376 g/mol. The Bertz CT molecular complexity index is 608. The highest BCUT2D eigenvalue weighted by Crippen LogP contribution is 2.27. The van der Waals surface area contributed by atoms with Crippen LogP contribution in [0.3, 0.4) is 0 Å². The lowest BCUT2D eigenvalue weighted by atomic mass is 10.1. The molecule has 4 amide bonds. The molecule has 0 unspecified atom stereocenters. The Kier molecular flexibility index (Phi) is 5.56. The molecule has 0 aromatic heterocycles. The molecule has 4 N–H and O–H groups in total. The normalized spacial score (nSPS) is 13.7. The molecule has 0 atom stereocenters. The van der Waals surface area contributed by atoms with Crippen molar-refractivity contribution in [3.63, 3.8) is 0 Å². The average molecular weight is 378 g/mol. The molecule has 1 fully saturated rings. The second-order valence-corrected chi connectivity index (χ2v) is 5.36. The van der Waals surface area contributed by atoms with Gasteiger partial charge < -0.3 is 16.0 Å². The fourth-order valence-corrected chi connectivity index (χ4v) is 2.40. The van der Waals surface area contributed by atoms with Gasteiger partial charge in [-0.3, -0.25) is 14.9 Å². The smallest absolute Gasteiger partial charge is 0.325 e. The standard InChI is InChI=1S/C12H13BrN4O3.ClH/c1-6-2-7(13)3-8(11(6)14)15-9(18)4-17-5-10(19)16-12(17)20;/h2-3H,4-5,14H2,1H3,(H,15,18)(H,16,19,20);1H. The van der Waals surface area contributed by atoms with Crippen molar-refractivity contribution in [2.75, 3.05) is 24.1 Å². The van der Waals surface area contributed by atoms with Crippen LogP contribution in [0.1, 0.15) is 5.56 Å². The van der Waals surface area contributed by atoms with Gasteiger partial charge in [-0.2, -0.15) is 0 Å². The van der Waals surface area contributed by atoms with Gasteiger partial charge >= 0.3 is 6.03 Å². The lowest BCUT2D eigenvalue weighted by molar-refractivity contribution is -0.119. The van der Waals surface area contributed by atoms with Crippen LogP contribution in [-0.4, -0.2) is 35.8 Å². The van der Waals surface area contributed by atoms with Gasteiger partial charge in [0.1, 0.15) is 13.1 Å². The zero-order chi connectivity index (χ0) is 14.9. The molecule has 1 aliphatic rings. The molecule has 1 aromatic rings. The van der Waals surface area contributed by atoms with Gasteiger partial charge in [-0.05, 0) is 24.6 Å². The summed E-state index contributed by atoms with van der Waals surface area (Å²) in [6, 6.07) is 2.94. The third kappa shape index (κ3) is 4.08. The van der Waals surface area contributed by atoms with Gasteiger partial charge in [-0.15, -0.1) is 12.4 Å². The van der Waals surface area contributed by atoms with Crippen molar-refractivity contribution in [3.05, 3.63) is 22.2 Å². The molecule has 9 heteroatoms. The number of anilines is 2. The number of carbonyl (C=O) groups excluding carboxylic acids is 3. The maximum atomic E-state index is 11.9. The van der Waals surface area contributed by atoms with E-state index >= 15 is 0 Å². The number of amides is 4. The molecule has 2 rings (SSSR count). The molecule has 1 saturated heterocycles. The average Bonchev–Trinajstić information content (AvgIpc) is 2.64. The Hall–Kier alpha value is -1.80. The maximum Gasteiger partial charge on any atom is 0.325 e. The third-order valence-corrected chi connectivity index (χ3v) is 3.29. The van der Waals surface area contributed by atoms with Crippen molar-refractivity contribution >= 4 is 57.6 Å². The summed E-state index contributed by atoms with van der Waals surface area (Å²) in [5, 5.41) is 4.73. The minimum atomic E-state index is -0.566. The topological polar surface area (TPSA) is 105 Å². The van der Waals surface area contributed by atoms with E-state index in [0.717, 1.165) is 14.9 Å². The highest BCUT2D eigenvalue weighted by Gasteiger charge is 2.28. The minimum absolute atomic E-state index is 0. The number of urea groups is 1. The number of nitrogens with zero attached hydrogens (tertiary/aromatic N) is 1. The first-order valence-electron chi connectivity index (χ1n) is 5.81. The molecule has 7 nitrogen and oxygen atoms in total.